The van der Waals surface area contributed by atoms with Crippen molar-refractivity contribution >= 4 is 17.8 Å². The molecular formula is C19H27N3O3. The van der Waals surface area contributed by atoms with E-state index in [2.05, 4.69) is 29.7 Å². The first kappa shape index (κ1) is 19.0. The Morgan fingerprint density at radius 1 is 1.24 bits per heavy atom. The average Bonchev–Trinajstić information content (AvgIpc) is 2.90. The summed E-state index contributed by atoms with van der Waals surface area (Å²) in [5, 5.41) is 5.36. The lowest BCUT2D eigenvalue weighted by atomic mass is 9.94. The molecule has 1 aromatic rings. The SMILES string of the molecule is CCCCc1ccc(C(NC(=O)CN2C(=O)CNC2=O)C(C)C)cc1. The summed E-state index contributed by atoms with van der Waals surface area (Å²) >= 11 is 0. The average molecular weight is 345 g/mol. The lowest BCUT2D eigenvalue weighted by molar-refractivity contribution is -0.131. The third kappa shape index (κ3) is 5.05. The smallest absolute Gasteiger partial charge is 0.325 e. The van der Waals surface area contributed by atoms with Crippen LogP contribution >= 0.6 is 0 Å². The van der Waals surface area contributed by atoms with Gasteiger partial charge in [0.1, 0.15) is 6.54 Å². The van der Waals surface area contributed by atoms with Gasteiger partial charge < -0.3 is 10.6 Å². The van der Waals surface area contributed by atoms with E-state index in [9.17, 15) is 14.4 Å². The maximum Gasteiger partial charge on any atom is 0.325 e. The topological polar surface area (TPSA) is 78.5 Å². The number of amides is 4. The van der Waals surface area contributed by atoms with Crippen molar-refractivity contribution in [3.63, 3.8) is 0 Å². The van der Waals surface area contributed by atoms with E-state index in [1.165, 1.54) is 5.56 Å². The summed E-state index contributed by atoms with van der Waals surface area (Å²) in [5.74, 6) is -0.519. The third-order valence-corrected chi connectivity index (χ3v) is 4.38. The molecular weight excluding hydrogens is 318 g/mol. The van der Waals surface area contributed by atoms with Crippen LogP contribution in [-0.2, 0) is 16.0 Å². The van der Waals surface area contributed by atoms with Gasteiger partial charge in [0.25, 0.3) is 5.91 Å². The number of benzene rings is 1. The summed E-state index contributed by atoms with van der Waals surface area (Å²) in [7, 11) is 0. The van der Waals surface area contributed by atoms with Crippen molar-refractivity contribution in [1.82, 2.24) is 15.5 Å². The van der Waals surface area contributed by atoms with Gasteiger partial charge in [-0.3, -0.25) is 14.5 Å². The normalized spacial score (nSPS) is 15.4. The fourth-order valence-corrected chi connectivity index (χ4v) is 2.89. The van der Waals surface area contributed by atoms with Crippen molar-refractivity contribution in [1.29, 1.82) is 0 Å². The molecule has 0 bridgehead atoms. The lowest BCUT2D eigenvalue weighted by Gasteiger charge is -2.24. The standard InChI is InChI=1S/C19H27N3O3/c1-4-5-6-14-7-9-15(10-8-14)18(13(2)3)21-16(23)12-22-17(24)11-20-19(22)25/h7-10,13,18H,4-6,11-12H2,1-3H3,(H,20,25)(H,21,23). The molecule has 1 heterocycles. The second-order valence-electron chi connectivity index (χ2n) is 6.77. The molecule has 0 aliphatic carbocycles. The number of unbranched alkanes of at least 4 members (excludes halogenated alkanes) is 1. The van der Waals surface area contributed by atoms with Crippen LogP contribution in [0.3, 0.4) is 0 Å². The minimum atomic E-state index is -0.512. The van der Waals surface area contributed by atoms with Gasteiger partial charge in [0, 0.05) is 0 Å². The van der Waals surface area contributed by atoms with Crippen LogP contribution in [0.15, 0.2) is 24.3 Å². The molecule has 2 N–H and O–H groups in total. The Kier molecular flexibility index (Phi) is 6.56. The maximum absolute atomic E-state index is 12.3. The molecule has 136 valence electrons. The first-order valence-electron chi connectivity index (χ1n) is 8.88. The van der Waals surface area contributed by atoms with Crippen LogP contribution < -0.4 is 10.6 Å². The molecule has 6 heteroatoms. The van der Waals surface area contributed by atoms with Crippen LogP contribution in [0.1, 0.15) is 50.8 Å². The largest absolute Gasteiger partial charge is 0.347 e. The Hall–Kier alpha value is -2.37. The molecule has 2 rings (SSSR count). The quantitative estimate of drug-likeness (QED) is 0.710. The minimum absolute atomic E-state index is 0.0427. The highest BCUT2D eigenvalue weighted by atomic mass is 16.2. The van der Waals surface area contributed by atoms with Gasteiger partial charge >= 0.3 is 6.03 Å². The molecule has 0 radical (unpaired) electrons. The fraction of sp³-hybridized carbons (Fsp3) is 0.526. The molecule has 4 amide bonds. The molecule has 6 nitrogen and oxygen atoms in total. The van der Waals surface area contributed by atoms with Gasteiger partial charge in [-0.2, -0.15) is 0 Å². The van der Waals surface area contributed by atoms with Crippen LogP contribution in [-0.4, -0.2) is 35.8 Å². The number of urea groups is 1. The molecule has 0 spiro atoms. The number of nitrogens with zero attached hydrogens (tertiary/aromatic N) is 1. The van der Waals surface area contributed by atoms with Gasteiger partial charge in [0.15, 0.2) is 0 Å². The molecule has 25 heavy (non-hydrogen) atoms. The number of rotatable bonds is 8. The molecule has 1 aliphatic heterocycles. The van der Waals surface area contributed by atoms with Crippen LogP contribution in [0.4, 0.5) is 4.79 Å². The first-order valence-corrected chi connectivity index (χ1v) is 8.88. The number of nitrogens with one attached hydrogen (secondary N) is 2. The van der Waals surface area contributed by atoms with Crippen molar-refractivity contribution in [3.05, 3.63) is 35.4 Å². The summed E-state index contributed by atoms with van der Waals surface area (Å²) in [6.45, 7) is 5.94. The number of aryl methyl sites for hydroxylation is 1. The Labute approximate surface area is 149 Å². The summed E-state index contributed by atoms with van der Waals surface area (Å²) in [6.07, 6.45) is 3.38. The highest BCUT2D eigenvalue weighted by molar-refractivity contribution is 6.04. The zero-order chi connectivity index (χ0) is 18.4. The van der Waals surface area contributed by atoms with Gasteiger partial charge in [-0.1, -0.05) is 51.5 Å². The number of hydrogen-bond acceptors (Lipinski definition) is 3. The summed E-state index contributed by atoms with van der Waals surface area (Å²) in [6, 6.07) is 7.62. The van der Waals surface area contributed by atoms with Crippen LogP contribution in [0.25, 0.3) is 0 Å². The van der Waals surface area contributed by atoms with E-state index in [4.69, 9.17) is 0 Å². The monoisotopic (exact) mass is 345 g/mol. The second-order valence-corrected chi connectivity index (χ2v) is 6.77. The van der Waals surface area contributed by atoms with E-state index in [1.54, 1.807) is 0 Å². The van der Waals surface area contributed by atoms with Gasteiger partial charge in [-0.25, -0.2) is 4.79 Å². The molecule has 1 fully saturated rings. The Morgan fingerprint density at radius 2 is 1.92 bits per heavy atom. The zero-order valence-electron chi connectivity index (χ0n) is 15.2. The first-order chi connectivity index (χ1) is 11.9. The van der Waals surface area contributed by atoms with Crippen LogP contribution in [0.5, 0.6) is 0 Å². The van der Waals surface area contributed by atoms with E-state index in [1.807, 2.05) is 26.0 Å². The van der Waals surface area contributed by atoms with Crippen molar-refractivity contribution in [2.75, 3.05) is 13.1 Å². The van der Waals surface area contributed by atoms with E-state index in [0.29, 0.717) is 0 Å². The highest BCUT2D eigenvalue weighted by Crippen LogP contribution is 2.22. The molecule has 1 aromatic carbocycles. The van der Waals surface area contributed by atoms with Gasteiger partial charge in [0.05, 0.1) is 12.6 Å². The molecule has 1 saturated heterocycles. The molecule has 0 aromatic heterocycles. The summed E-state index contributed by atoms with van der Waals surface area (Å²) in [5.41, 5.74) is 2.32. The van der Waals surface area contributed by atoms with Crippen molar-refractivity contribution in [3.8, 4) is 0 Å². The number of carbonyl (C=O) groups excluding carboxylic acids is 3. The van der Waals surface area contributed by atoms with Crippen molar-refractivity contribution in [2.45, 2.75) is 46.1 Å². The fourth-order valence-electron chi connectivity index (χ4n) is 2.89. The number of hydrogen-bond donors (Lipinski definition) is 2. The summed E-state index contributed by atoms with van der Waals surface area (Å²) < 4.78 is 0. The summed E-state index contributed by atoms with van der Waals surface area (Å²) in [4.78, 5) is 36.4. The molecule has 0 saturated carbocycles. The number of carbonyl (C=O) groups is 3. The van der Waals surface area contributed by atoms with E-state index in [-0.39, 0.29) is 36.9 Å². The zero-order valence-corrected chi connectivity index (χ0v) is 15.2. The molecule has 1 atom stereocenters. The molecule has 1 unspecified atom stereocenters. The Balaban J connectivity index is 2.01. The Morgan fingerprint density at radius 3 is 2.44 bits per heavy atom. The van der Waals surface area contributed by atoms with Crippen LogP contribution in [0.2, 0.25) is 0 Å². The second kappa shape index (κ2) is 8.65. The van der Waals surface area contributed by atoms with Crippen molar-refractivity contribution in [2.24, 2.45) is 5.92 Å². The van der Waals surface area contributed by atoms with Crippen LogP contribution in [0, 0.1) is 5.92 Å². The Bertz CT molecular complexity index is 609. The van der Waals surface area contributed by atoms with E-state index in [0.717, 1.165) is 29.7 Å². The minimum Gasteiger partial charge on any atom is -0.347 e. The lowest BCUT2D eigenvalue weighted by Crippen LogP contribution is -2.42. The number of imide groups is 1. The van der Waals surface area contributed by atoms with E-state index >= 15 is 0 Å². The van der Waals surface area contributed by atoms with Gasteiger partial charge in [0.2, 0.25) is 5.91 Å². The van der Waals surface area contributed by atoms with Gasteiger partial charge in [-0.05, 0) is 29.9 Å². The van der Waals surface area contributed by atoms with Gasteiger partial charge in [-0.15, -0.1) is 0 Å². The maximum atomic E-state index is 12.3. The predicted molar refractivity (Wildman–Crippen MR) is 95.9 cm³/mol. The van der Waals surface area contributed by atoms with Crippen molar-refractivity contribution < 1.29 is 14.4 Å². The third-order valence-electron chi connectivity index (χ3n) is 4.38. The highest BCUT2D eigenvalue weighted by Gasteiger charge is 2.31. The molecule has 1 aliphatic rings. The predicted octanol–water partition coefficient (Wildman–Crippen LogP) is 2.39. The van der Waals surface area contributed by atoms with E-state index < -0.39 is 6.03 Å².